The zero-order chi connectivity index (χ0) is 11.9. The fraction of sp³-hybridized carbons (Fsp3) is 1.00. The van der Waals surface area contributed by atoms with Gasteiger partial charge in [0.25, 0.3) is 0 Å². The molecule has 0 aromatic carbocycles. The Morgan fingerprint density at radius 1 is 1.12 bits per heavy atom. The summed E-state index contributed by atoms with van der Waals surface area (Å²) in [6.45, 7) is 7.22. The number of nitrogens with one attached hydrogen (secondary N) is 2. The first kappa shape index (κ1) is 13.9. The summed E-state index contributed by atoms with van der Waals surface area (Å²) >= 11 is 0. The molecule has 3 heteroatoms. The Morgan fingerprint density at radius 3 is 2.44 bits per heavy atom. The number of nitrogens with two attached hydrogens (primary N) is 1. The highest BCUT2D eigenvalue weighted by atomic mass is 14.9. The molecule has 1 rings (SSSR count). The molecule has 0 spiro atoms. The summed E-state index contributed by atoms with van der Waals surface area (Å²) in [6, 6.07) is 0.791. The number of hydrogen-bond donors (Lipinski definition) is 3. The van der Waals surface area contributed by atoms with E-state index < -0.39 is 0 Å². The van der Waals surface area contributed by atoms with Gasteiger partial charge >= 0.3 is 0 Å². The Morgan fingerprint density at radius 2 is 1.81 bits per heavy atom. The van der Waals surface area contributed by atoms with Gasteiger partial charge in [-0.15, -0.1) is 0 Å². The van der Waals surface area contributed by atoms with E-state index >= 15 is 0 Å². The average Bonchev–Trinajstić information content (AvgIpc) is 2.23. The zero-order valence-corrected chi connectivity index (χ0v) is 11.0. The molecular formula is C13H29N3. The average molecular weight is 227 g/mol. The first-order valence-electron chi connectivity index (χ1n) is 6.81. The molecule has 0 atom stereocenters. The van der Waals surface area contributed by atoms with Gasteiger partial charge in [0.1, 0.15) is 0 Å². The fourth-order valence-corrected chi connectivity index (χ4v) is 2.24. The van der Waals surface area contributed by atoms with Gasteiger partial charge in [-0.2, -0.15) is 0 Å². The van der Waals surface area contributed by atoms with Crippen molar-refractivity contribution in [3.05, 3.63) is 0 Å². The van der Waals surface area contributed by atoms with Crippen LogP contribution in [0.4, 0.5) is 0 Å². The van der Waals surface area contributed by atoms with Gasteiger partial charge < -0.3 is 16.4 Å². The predicted molar refractivity (Wildman–Crippen MR) is 70.6 cm³/mol. The van der Waals surface area contributed by atoms with E-state index in [0.717, 1.165) is 25.7 Å². The Kier molecular flexibility index (Phi) is 6.32. The largest absolute Gasteiger partial charge is 0.324 e. The molecule has 0 aliphatic heterocycles. The molecule has 4 N–H and O–H groups in total. The van der Waals surface area contributed by atoms with Crippen LogP contribution < -0.4 is 16.4 Å². The van der Waals surface area contributed by atoms with Crippen molar-refractivity contribution < 1.29 is 0 Å². The standard InChI is InChI=1S/C13H29N3/c1-13(2,14)11-15-9-6-10-16-12-7-4-3-5-8-12/h12,15-16H,3-11,14H2,1-2H3. The summed E-state index contributed by atoms with van der Waals surface area (Å²) in [5, 5.41) is 7.05. The highest BCUT2D eigenvalue weighted by molar-refractivity contribution is 4.75. The summed E-state index contributed by atoms with van der Waals surface area (Å²) in [7, 11) is 0. The van der Waals surface area contributed by atoms with Crippen molar-refractivity contribution in [2.24, 2.45) is 5.73 Å². The Labute approximate surface area is 101 Å². The number of hydrogen-bond acceptors (Lipinski definition) is 3. The quantitative estimate of drug-likeness (QED) is 0.579. The molecule has 96 valence electrons. The zero-order valence-electron chi connectivity index (χ0n) is 11.0. The Balaban J connectivity index is 1.87. The van der Waals surface area contributed by atoms with Crippen LogP contribution in [0.15, 0.2) is 0 Å². The van der Waals surface area contributed by atoms with Crippen molar-refractivity contribution in [1.29, 1.82) is 0 Å². The maximum Gasteiger partial charge on any atom is 0.0223 e. The van der Waals surface area contributed by atoms with Gasteiger partial charge in [0.15, 0.2) is 0 Å². The molecule has 0 heterocycles. The van der Waals surface area contributed by atoms with Gasteiger partial charge in [0.2, 0.25) is 0 Å². The third-order valence-corrected chi connectivity index (χ3v) is 3.15. The topological polar surface area (TPSA) is 50.1 Å². The lowest BCUT2D eigenvalue weighted by atomic mass is 9.95. The highest BCUT2D eigenvalue weighted by Gasteiger charge is 2.12. The van der Waals surface area contributed by atoms with Crippen molar-refractivity contribution in [3.8, 4) is 0 Å². The molecule has 0 radical (unpaired) electrons. The lowest BCUT2D eigenvalue weighted by Crippen LogP contribution is -2.43. The second-order valence-electron chi connectivity index (χ2n) is 5.81. The van der Waals surface area contributed by atoms with Gasteiger partial charge in [0, 0.05) is 18.1 Å². The lowest BCUT2D eigenvalue weighted by Gasteiger charge is -2.23. The lowest BCUT2D eigenvalue weighted by molar-refractivity contribution is 0.369. The van der Waals surface area contributed by atoms with Crippen LogP contribution in [0.1, 0.15) is 52.4 Å². The van der Waals surface area contributed by atoms with Crippen LogP contribution in [0.5, 0.6) is 0 Å². The molecular weight excluding hydrogens is 198 g/mol. The van der Waals surface area contributed by atoms with Crippen LogP contribution >= 0.6 is 0 Å². The van der Waals surface area contributed by atoms with Gasteiger partial charge in [0.05, 0.1) is 0 Å². The molecule has 0 aromatic heterocycles. The molecule has 3 nitrogen and oxygen atoms in total. The van der Waals surface area contributed by atoms with E-state index in [9.17, 15) is 0 Å². The molecule has 16 heavy (non-hydrogen) atoms. The summed E-state index contributed by atoms with van der Waals surface area (Å²) in [5.41, 5.74) is 5.80. The molecule has 0 aromatic rings. The second-order valence-corrected chi connectivity index (χ2v) is 5.81. The van der Waals surface area contributed by atoms with Crippen molar-refractivity contribution in [2.45, 2.75) is 64.0 Å². The third-order valence-electron chi connectivity index (χ3n) is 3.15. The maximum atomic E-state index is 5.89. The van der Waals surface area contributed by atoms with Crippen molar-refractivity contribution >= 4 is 0 Å². The normalized spacial score (nSPS) is 18.9. The monoisotopic (exact) mass is 227 g/mol. The highest BCUT2D eigenvalue weighted by Crippen LogP contribution is 2.16. The van der Waals surface area contributed by atoms with Gasteiger partial charge in [-0.1, -0.05) is 19.3 Å². The summed E-state index contributed by atoms with van der Waals surface area (Å²) in [5.74, 6) is 0. The molecule has 1 aliphatic carbocycles. The van der Waals surface area contributed by atoms with Gasteiger partial charge in [-0.3, -0.25) is 0 Å². The van der Waals surface area contributed by atoms with Crippen LogP contribution in [0.2, 0.25) is 0 Å². The van der Waals surface area contributed by atoms with E-state index in [1.807, 2.05) is 0 Å². The SMILES string of the molecule is CC(C)(N)CNCCCNC1CCCCC1. The first-order chi connectivity index (χ1) is 7.58. The maximum absolute atomic E-state index is 5.89. The van der Waals surface area contributed by atoms with E-state index in [-0.39, 0.29) is 5.54 Å². The molecule has 1 saturated carbocycles. The van der Waals surface area contributed by atoms with E-state index in [4.69, 9.17) is 5.73 Å². The van der Waals surface area contributed by atoms with Crippen molar-refractivity contribution in [3.63, 3.8) is 0 Å². The summed E-state index contributed by atoms with van der Waals surface area (Å²) in [6.07, 6.45) is 8.22. The van der Waals surface area contributed by atoms with Gasteiger partial charge in [-0.25, -0.2) is 0 Å². The van der Waals surface area contributed by atoms with Crippen molar-refractivity contribution in [1.82, 2.24) is 10.6 Å². The van der Waals surface area contributed by atoms with E-state index in [0.29, 0.717) is 0 Å². The minimum absolute atomic E-state index is 0.0865. The van der Waals surface area contributed by atoms with Crippen LogP contribution in [-0.4, -0.2) is 31.2 Å². The Bertz CT molecular complexity index is 169. The van der Waals surface area contributed by atoms with Gasteiger partial charge in [-0.05, 0) is 46.2 Å². The van der Waals surface area contributed by atoms with Crippen LogP contribution in [0.3, 0.4) is 0 Å². The van der Waals surface area contributed by atoms with Crippen LogP contribution in [0.25, 0.3) is 0 Å². The minimum Gasteiger partial charge on any atom is -0.324 e. The van der Waals surface area contributed by atoms with Crippen LogP contribution in [-0.2, 0) is 0 Å². The van der Waals surface area contributed by atoms with E-state index in [1.165, 1.54) is 38.5 Å². The van der Waals surface area contributed by atoms with E-state index in [1.54, 1.807) is 0 Å². The Hall–Kier alpha value is -0.120. The first-order valence-corrected chi connectivity index (χ1v) is 6.81. The number of rotatable bonds is 7. The minimum atomic E-state index is -0.0865. The van der Waals surface area contributed by atoms with E-state index in [2.05, 4.69) is 24.5 Å². The fourth-order valence-electron chi connectivity index (χ4n) is 2.24. The molecule has 0 unspecified atom stereocenters. The summed E-state index contributed by atoms with van der Waals surface area (Å²) < 4.78 is 0. The smallest absolute Gasteiger partial charge is 0.0223 e. The molecule has 1 fully saturated rings. The predicted octanol–water partition coefficient (Wildman–Crippen LogP) is 1.63. The van der Waals surface area contributed by atoms with Crippen molar-refractivity contribution in [2.75, 3.05) is 19.6 Å². The molecule has 0 amide bonds. The third kappa shape index (κ3) is 7.20. The second kappa shape index (κ2) is 7.25. The summed E-state index contributed by atoms with van der Waals surface area (Å²) in [4.78, 5) is 0. The molecule has 0 bridgehead atoms. The molecule has 1 aliphatic rings. The molecule has 0 saturated heterocycles. The van der Waals surface area contributed by atoms with Crippen LogP contribution in [0, 0.1) is 0 Å².